The highest BCUT2D eigenvalue weighted by Crippen LogP contribution is 2.23. The smallest absolute Gasteiger partial charge is 0.194 e. The summed E-state index contributed by atoms with van der Waals surface area (Å²) in [4.78, 5) is 6.34. The quantitative estimate of drug-likeness (QED) is 0.302. The predicted molar refractivity (Wildman–Crippen MR) is 125 cm³/mol. The van der Waals surface area contributed by atoms with E-state index < -0.39 is 0 Å². The van der Waals surface area contributed by atoms with Gasteiger partial charge in [-0.15, -0.1) is 34.2 Å². The van der Waals surface area contributed by atoms with E-state index in [4.69, 9.17) is 23.2 Å². The fraction of sp³-hybridized carbons (Fsp3) is 0.211. The van der Waals surface area contributed by atoms with Crippen LogP contribution in [-0.4, -0.2) is 39.7 Å². The van der Waals surface area contributed by atoms with E-state index in [-0.39, 0.29) is 24.0 Å². The third kappa shape index (κ3) is 5.59. The van der Waals surface area contributed by atoms with Gasteiger partial charge in [0.2, 0.25) is 0 Å². The normalized spacial score (nSPS) is 11.1. The number of aliphatic imine (C=N–C) groups is 1. The third-order valence-corrected chi connectivity index (χ3v) is 4.77. The summed E-state index contributed by atoms with van der Waals surface area (Å²) in [7, 11) is 3.70. The van der Waals surface area contributed by atoms with Gasteiger partial charge in [0.1, 0.15) is 6.33 Å². The van der Waals surface area contributed by atoms with Crippen LogP contribution in [0, 0.1) is 0 Å². The van der Waals surface area contributed by atoms with Crippen LogP contribution >= 0.6 is 47.2 Å². The van der Waals surface area contributed by atoms with E-state index in [1.807, 2.05) is 59.0 Å². The van der Waals surface area contributed by atoms with Crippen LogP contribution in [0.2, 0.25) is 10.0 Å². The van der Waals surface area contributed by atoms with Crippen molar-refractivity contribution in [3.8, 4) is 5.69 Å². The summed E-state index contributed by atoms with van der Waals surface area (Å²) in [6, 6.07) is 15.6. The highest BCUT2D eigenvalue weighted by atomic mass is 127. The molecule has 3 aromatic rings. The van der Waals surface area contributed by atoms with E-state index in [1.165, 1.54) is 0 Å². The summed E-state index contributed by atoms with van der Waals surface area (Å²) in [5.41, 5.74) is 2.06. The molecule has 0 unspecified atom stereocenters. The van der Waals surface area contributed by atoms with Crippen molar-refractivity contribution in [2.24, 2.45) is 4.99 Å². The molecule has 28 heavy (non-hydrogen) atoms. The molecule has 0 radical (unpaired) electrons. The molecule has 0 atom stereocenters. The number of nitrogens with zero attached hydrogens (tertiary/aromatic N) is 5. The molecule has 0 aliphatic carbocycles. The minimum absolute atomic E-state index is 0. The second kappa shape index (κ2) is 10.6. The van der Waals surface area contributed by atoms with Gasteiger partial charge in [-0.3, -0.25) is 9.56 Å². The summed E-state index contributed by atoms with van der Waals surface area (Å²) in [6.07, 6.45) is 1.70. The van der Waals surface area contributed by atoms with Crippen molar-refractivity contribution in [2.75, 3.05) is 14.1 Å². The number of aromatic nitrogens is 3. The van der Waals surface area contributed by atoms with Crippen LogP contribution in [-0.2, 0) is 13.1 Å². The van der Waals surface area contributed by atoms with Crippen molar-refractivity contribution in [3.05, 3.63) is 76.3 Å². The zero-order valence-electron chi connectivity index (χ0n) is 15.5. The molecule has 0 aliphatic rings. The molecule has 0 saturated carbocycles. The lowest BCUT2D eigenvalue weighted by atomic mass is 10.2. The molecule has 1 heterocycles. The van der Waals surface area contributed by atoms with Crippen molar-refractivity contribution in [1.82, 2.24) is 25.0 Å². The molecule has 148 valence electrons. The van der Waals surface area contributed by atoms with Crippen LogP contribution in [0.5, 0.6) is 0 Å². The van der Waals surface area contributed by atoms with E-state index >= 15 is 0 Å². The van der Waals surface area contributed by atoms with Gasteiger partial charge in [-0.1, -0.05) is 47.5 Å². The lowest BCUT2D eigenvalue weighted by Crippen LogP contribution is -2.38. The number of guanidine groups is 1. The first-order valence-corrected chi connectivity index (χ1v) is 9.14. The number of halogens is 3. The number of benzene rings is 2. The van der Waals surface area contributed by atoms with E-state index in [2.05, 4.69) is 20.5 Å². The zero-order valence-corrected chi connectivity index (χ0v) is 19.4. The van der Waals surface area contributed by atoms with Crippen molar-refractivity contribution in [2.45, 2.75) is 13.1 Å². The Labute approximate surface area is 191 Å². The fourth-order valence-corrected chi connectivity index (χ4v) is 3.03. The average molecular weight is 531 g/mol. The van der Waals surface area contributed by atoms with Crippen LogP contribution in [0.3, 0.4) is 0 Å². The van der Waals surface area contributed by atoms with E-state index in [0.29, 0.717) is 23.1 Å². The zero-order chi connectivity index (χ0) is 19.2. The van der Waals surface area contributed by atoms with E-state index in [9.17, 15) is 0 Å². The molecule has 0 saturated heterocycles. The lowest BCUT2D eigenvalue weighted by Gasteiger charge is -2.22. The number of para-hydroxylation sites is 1. The van der Waals surface area contributed by atoms with Gasteiger partial charge in [-0.2, -0.15) is 0 Å². The standard InChI is InChI=1S/C19H20Cl2N6.HI/c1-22-19(26(2)12-14-8-9-16(20)17(21)10-14)23-11-18-25-24-13-27(18)15-6-4-3-5-7-15;/h3-10,13H,11-12H2,1-2H3,(H,22,23);1H. The topological polar surface area (TPSA) is 58.3 Å². The SMILES string of the molecule is CN=C(NCc1nncn1-c1ccccc1)N(C)Cc1ccc(Cl)c(Cl)c1.I. The van der Waals surface area contributed by atoms with Crippen LogP contribution in [0.4, 0.5) is 0 Å². The van der Waals surface area contributed by atoms with Crippen molar-refractivity contribution >= 4 is 53.1 Å². The molecule has 2 aromatic carbocycles. The molecule has 0 amide bonds. The van der Waals surface area contributed by atoms with Crippen LogP contribution in [0.25, 0.3) is 5.69 Å². The molecule has 0 aliphatic heterocycles. The molecule has 3 rings (SSSR count). The van der Waals surface area contributed by atoms with Gasteiger partial charge in [-0.25, -0.2) is 0 Å². The molecule has 1 N–H and O–H groups in total. The third-order valence-electron chi connectivity index (χ3n) is 4.03. The first-order chi connectivity index (χ1) is 13.1. The summed E-state index contributed by atoms with van der Waals surface area (Å²) in [6.45, 7) is 1.13. The Kier molecular flexibility index (Phi) is 8.53. The monoisotopic (exact) mass is 530 g/mol. The lowest BCUT2D eigenvalue weighted by molar-refractivity contribution is 0.475. The van der Waals surface area contributed by atoms with Gasteiger partial charge in [0.05, 0.1) is 16.6 Å². The van der Waals surface area contributed by atoms with Gasteiger partial charge in [0, 0.05) is 26.3 Å². The summed E-state index contributed by atoms with van der Waals surface area (Å²) >= 11 is 12.1. The second-order valence-electron chi connectivity index (χ2n) is 5.96. The maximum absolute atomic E-state index is 6.10. The Morgan fingerprint density at radius 3 is 2.57 bits per heavy atom. The fourth-order valence-electron chi connectivity index (χ4n) is 2.71. The Morgan fingerprint density at radius 1 is 1.14 bits per heavy atom. The molecular weight excluding hydrogens is 510 g/mol. The summed E-state index contributed by atoms with van der Waals surface area (Å²) in [5, 5.41) is 12.6. The number of hydrogen-bond acceptors (Lipinski definition) is 3. The minimum atomic E-state index is 0. The Hall–Kier alpha value is -1.84. The summed E-state index contributed by atoms with van der Waals surface area (Å²) < 4.78 is 1.94. The predicted octanol–water partition coefficient (Wildman–Crippen LogP) is 4.40. The maximum Gasteiger partial charge on any atom is 0.194 e. The second-order valence-corrected chi connectivity index (χ2v) is 6.77. The molecular formula is C19H21Cl2IN6. The van der Waals surface area contributed by atoms with Gasteiger partial charge in [0.15, 0.2) is 11.8 Å². The molecule has 0 spiro atoms. The highest BCUT2D eigenvalue weighted by Gasteiger charge is 2.11. The molecule has 1 aromatic heterocycles. The van der Waals surface area contributed by atoms with Crippen molar-refractivity contribution in [3.63, 3.8) is 0 Å². The first-order valence-electron chi connectivity index (χ1n) is 8.38. The van der Waals surface area contributed by atoms with Gasteiger partial charge in [-0.05, 0) is 29.8 Å². The van der Waals surface area contributed by atoms with Gasteiger partial charge >= 0.3 is 0 Å². The Balaban J connectivity index is 0.00000280. The van der Waals surface area contributed by atoms with Gasteiger partial charge in [0.25, 0.3) is 0 Å². The molecule has 0 bridgehead atoms. The van der Waals surface area contributed by atoms with Crippen LogP contribution < -0.4 is 5.32 Å². The van der Waals surface area contributed by atoms with Crippen LogP contribution in [0.1, 0.15) is 11.4 Å². The number of nitrogens with one attached hydrogen (secondary N) is 1. The van der Waals surface area contributed by atoms with Crippen molar-refractivity contribution in [1.29, 1.82) is 0 Å². The maximum atomic E-state index is 6.10. The Bertz CT molecular complexity index is 929. The highest BCUT2D eigenvalue weighted by molar-refractivity contribution is 14.0. The van der Waals surface area contributed by atoms with Gasteiger partial charge < -0.3 is 10.2 Å². The average Bonchev–Trinajstić information content (AvgIpc) is 3.14. The van der Waals surface area contributed by atoms with E-state index in [0.717, 1.165) is 23.0 Å². The number of hydrogen-bond donors (Lipinski definition) is 1. The molecule has 6 nitrogen and oxygen atoms in total. The van der Waals surface area contributed by atoms with Crippen molar-refractivity contribution < 1.29 is 0 Å². The first kappa shape index (κ1) is 22.4. The summed E-state index contributed by atoms with van der Waals surface area (Å²) in [5.74, 6) is 1.54. The molecule has 9 heteroatoms. The molecule has 0 fully saturated rings. The van der Waals surface area contributed by atoms with Crippen LogP contribution in [0.15, 0.2) is 59.9 Å². The number of rotatable bonds is 5. The largest absolute Gasteiger partial charge is 0.349 e. The minimum Gasteiger partial charge on any atom is -0.349 e. The van der Waals surface area contributed by atoms with E-state index in [1.54, 1.807) is 19.4 Å². The Morgan fingerprint density at radius 2 is 1.89 bits per heavy atom.